The van der Waals surface area contributed by atoms with Crippen molar-refractivity contribution in [2.24, 2.45) is 0 Å². The van der Waals surface area contributed by atoms with Gasteiger partial charge >= 0.3 is 0 Å². The van der Waals surface area contributed by atoms with Crippen LogP contribution in [0, 0.1) is 0 Å². The maximum absolute atomic E-state index is 3.43. The summed E-state index contributed by atoms with van der Waals surface area (Å²) in [5.41, 5.74) is 1.34. The molecule has 1 aromatic carbocycles. The average Bonchev–Trinajstić information content (AvgIpc) is 2.29. The Morgan fingerprint density at radius 3 is 2.73 bits per heavy atom. The SMILES string of the molecule is CS1(C)CNc2ccccc21. The summed E-state index contributed by atoms with van der Waals surface area (Å²) in [7, 11) is -0.517. The summed E-state index contributed by atoms with van der Waals surface area (Å²) >= 11 is 0. The Balaban J connectivity index is 2.56. The molecule has 0 unspecified atom stereocenters. The third kappa shape index (κ3) is 1.02. The molecule has 2 rings (SSSR count). The molecule has 1 aromatic rings. The molecule has 0 saturated carbocycles. The van der Waals surface area contributed by atoms with Gasteiger partial charge in [0, 0.05) is 16.5 Å². The zero-order valence-electron chi connectivity index (χ0n) is 6.92. The van der Waals surface area contributed by atoms with Gasteiger partial charge in [0.2, 0.25) is 0 Å². The number of hydrogen-bond donors (Lipinski definition) is 1. The molecular weight excluding hydrogens is 154 g/mol. The lowest BCUT2D eigenvalue weighted by molar-refractivity contribution is 1.43. The van der Waals surface area contributed by atoms with E-state index in [1.807, 2.05) is 0 Å². The van der Waals surface area contributed by atoms with E-state index in [0.29, 0.717) is 0 Å². The molecule has 0 spiro atoms. The van der Waals surface area contributed by atoms with Crippen molar-refractivity contribution >= 4 is 15.7 Å². The summed E-state index contributed by atoms with van der Waals surface area (Å²) in [5.74, 6) is 1.15. The lowest BCUT2D eigenvalue weighted by atomic mass is 10.3. The van der Waals surface area contributed by atoms with Gasteiger partial charge in [-0.3, -0.25) is 0 Å². The van der Waals surface area contributed by atoms with E-state index in [-0.39, 0.29) is 0 Å². The van der Waals surface area contributed by atoms with Crippen molar-refractivity contribution in [3.05, 3.63) is 24.3 Å². The molecule has 0 bridgehead atoms. The highest BCUT2D eigenvalue weighted by Gasteiger charge is 2.23. The average molecular weight is 167 g/mol. The fourth-order valence-electron chi connectivity index (χ4n) is 1.43. The molecule has 0 aromatic heterocycles. The molecule has 0 saturated heterocycles. The Hall–Kier alpha value is -0.630. The van der Waals surface area contributed by atoms with Crippen molar-refractivity contribution < 1.29 is 0 Å². The first-order valence-electron chi connectivity index (χ1n) is 3.74. The minimum atomic E-state index is -0.517. The minimum Gasteiger partial charge on any atom is -0.376 e. The fraction of sp³-hybridized carbons (Fsp3) is 0.333. The first kappa shape index (κ1) is 7.04. The molecule has 0 atom stereocenters. The van der Waals surface area contributed by atoms with Crippen LogP contribution < -0.4 is 5.32 Å². The molecule has 1 heterocycles. The van der Waals surface area contributed by atoms with Gasteiger partial charge in [-0.05, 0) is 24.6 Å². The molecule has 1 aliphatic rings. The van der Waals surface area contributed by atoms with Gasteiger partial charge in [-0.15, -0.1) is 0 Å². The number of anilines is 1. The summed E-state index contributed by atoms with van der Waals surface area (Å²) in [6.45, 7) is 0. The van der Waals surface area contributed by atoms with E-state index in [0.717, 1.165) is 5.88 Å². The largest absolute Gasteiger partial charge is 0.376 e. The van der Waals surface area contributed by atoms with E-state index in [2.05, 4.69) is 42.1 Å². The van der Waals surface area contributed by atoms with Gasteiger partial charge in [-0.25, -0.2) is 10.0 Å². The summed E-state index contributed by atoms with van der Waals surface area (Å²) in [6, 6.07) is 8.62. The highest BCUT2D eigenvalue weighted by atomic mass is 32.3. The van der Waals surface area contributed by atoms with E-state index in [9.17, 15) is 0 Å². The van der Waals surface area contributed by atoms with Crippen molar-refractivity contribution in [3.8, 4) is 0 Å². The standard InChI is InChI=1S/C9H13NS/c1-11(2)7-10-8-5-3-4-6-9(8)11/h3-6,10H,7H2,1-2H3. The minimum absolute atomic E-state index is 0.517. The number of rotatable bonds is 0. The van der Waals surface area contributed by atoms with Crippen molar-refractivity contribution in [2.45, 2.75) is 4.90 Å². The molecular formula is C9H13NS. The molecule has 0 amide bonds. The topological polar surface area (TPSA) is 12.0 Å². The van der Waals surface area contributed by atoms with Crippen molar-refractivity contribution in [2.75, 3.05) is 23.7 Å². The molecule has 11 heavy (non-hydrogen) atoms. The van der Waals surface area contributed by atoms with Gasteiger partial charge in [-0.2, -0.15) is 0 Å². The Kier molecular flexibility index (Phi) is 1.39. The smallest absolute Gasteiger partial charge is 0.0491 e. The predicted octanol–water partition coefficient (Wildman–Crippen LogP) is 2.49. The molecule has 1 nitrogen and oxygen atoms in total. The monoisotopic (exact) mass is 167 g/mol. The zero-order valence-corrected chi connectivity index (χ0v) is 7.74. The first-order valence-corrected chi connectivity index (χ1v) is 6.36. The summed E-state index contributed by atoms with van der Waals surface area (Å²) in [5, 5.41) is 3.43. The predicted molar refractivity (Wildman–Crippen MR) is 52.6 cm³/mol. The first-order chi connectivity index (χ1) is 5.20. The summed E-state index contributed by atoms with van der Waals surface area (Å²) < 4.78 is 0. The highest BCUT2D eigenvalue weighted by molar-refractivity contribution is 8.33. The number of nitrogens with one attached hydrogen (secondary N) is 1. The van der Waals surface area contributed by atoms with Crippen molar-refractivity contribution in [3.63, 3.8) is 0 Å². The van der Waals surface area contributed by atoms with Crippen LogP contribution >= 0.6 is 10.0 Å². The van der Waals surface area contributed by atoms with Gasteiger partial charge in [0.05, 0.1) is 0 Å². The van der Waals surface area contributed by atoms with E-state index in [1.54, 1.807) is 0 Å². The van der Waals surface area contributed by atoms with E-state index < -0.39 is 10.0 Å². The quantitative estimate of drug-likeness (QED) is 0.626. The maximum Gasteiger partial charge on any atom is 0.0491 e. The fourth-order valence-corrected chi connectivity index (χ4v) is 3.28. The molecule has 0 fully saturated rings. The van der Waals surface area contributed by atoms with Crippen LogP contribution in [0.1, 0.15) is 0 Å². The van der Waals surface area contributed by atoms with Gasteiger partial charge < -0.3 is 5.32 Å². The molecule has 60 valence electrons. The van der Waals surface area contributed by atoms with Crippen molar-refractivity contribution in [1.29, 1.82) is 0 Å². The van der Waals surface area contributed by atoms with Crippen LogP contribution in [-0.4, -0.2) is 18.4 Å². The van der Waals surface area contributed by atoms with Crippen LogP contribution in [0.3, 0.4) is 0 Å². The number of hydrogen-bond acceptors (Lipinski definition) is 1. The number of para-hydroxylation sites is 1. The van der Waals surface area contributed by atoms with Gasteiger partial charge in [0.15, 0.2) is 0 Å². The second-order valence-corrected chi connectivity index (χ2v) is 7.16. The normalized spacial score (nSPS) is 22.0. The van der Waals surface area contributed by atoms with E-state index >= 15 is 0 Å². The third-order valence-corrected chi connectivity index (χ3v) is 4.52. The molecule has 1 N–H and O–H groups in total. The van der Waals surface area contributed by atoms with Gasteiger partial charge in [-0.1, -0.05) is 12.1 Å². The molecule has 2 heteroatoms. The summed E-state index contributed by atoms with van der Waals surface area (Å²) in [6.07, 6.45) is 4.71. The molecule has 1 aliphatic heterocycles. The van der Waals surface area contributed by atoms with Crippen molar-refractivity contribution in [1.82, 2.24) is 0 Å². The van der Waals surface area contributed by atoms with E-state index in [4.69, 9.17) is 0 Å². The second kappa shape index (κ2) is 2.18. The van der Waals surface area contributed by atoms with Gasteiger partial charge in [0.1, 0.15) is 0 Å². The lowest BCUT2D eigenvalue weighted by Gasteiger charge is -2.23. The Morgan fingerprint density at radius 1 is 1.27 bits per heavy atom. The van der Waals surface area contributed by atoms with Crippen LogP contribution in [0.25, 0.3) is 0 Å². The van der Waals surface area contributed by atoms with Crippen LogP contribution in [0.2, 0.25) is 0 Å². The van der Waals surface area contributed by atoms with Crippen LogP contribution in [0.15, 0.2) is 29.2 Å². The molecule has 0 aliphatic carbocycles. The van der Waals surface area contributed by atoms with E-state index in [1.165, 1.54) is 10.6 Å². The Morgan fingerprint density at radius 2 is 2.00 bits per heavy atom. The third-order valence-electron chi connectivity index (χ3n) is 2.11. The van der Waals surface area contributed by atoms with Gasteiger partial charge in [0.25, 0.3) is 0 Å². The Labute approximate surface area is 69.1 Å². The van der Waals surface area contributed by atoms with Crippen LogP contribution in [-0.2, 0) is 0 Å². The zero-order chi connectivity index (χ0) is 7.90. The second-order valence-electron chi connectivity index (χ2n) is 3.36. The van der Waals surface area contributed by atoms with Crippen LogP contribution in [0.4, 0.5) is 5.69 Å². The highest BCUT2D eigenvalue weighted by Crippen LogP contribution is 2.56. The maximum atomic E-state index is 3.43. The Bertz CT molecular complexity index is 281. The van der Waals surface area contributed by atoms with Crippen LogP contribution in [0.5, 0.6) is 0 Å². The molecule has 0 radical (unpaired) electrons. The lowest BCUT2D eigenvalue weighted by Crippen LogP contribution is -1.98. The summed E-state index contributed by atoms with van der Waals surface area (Å²) in [4.78, 5) is 1.53. The number of benzene rings is 1. The number of fused-ring (bicyclic) bond motifs is 1.